The fourth-order valence-corrected chi connectivity index (χ4v) is 3.14. The fourth-order valence-electron chi connectivity index (χ4n) is 3.14. The third-order valence-corrected chi connectivity index (χ3v) is 5.11. The first-order valence-corrected chi connectivity index (χ1v) is 10.5. The van der Waals surface area contributed by atoms with E-state index >= 15 is 0 Å². The molecule has 4 rings (SSSR count). The van der Waals surface area contributed by atoms with Crippen molar-refractivity contribution >= 4 is 22.7 Å². The average Bonchev–Trinajstić information content (AvgIpc) is 3.56. The van der Waals surface area contributed by atoms with Crippen molar-refractivity contribution in [1.29, 1.82) is 0 Å². The second-order valence-corrected chi connectivity index (χ2v) is 7.71. The molecule has 1 heterocycles. The van der Waals surface area contributed by atoms with Gasteiger partial charge in [0.2, 0.25) is 0 Å². The van der Waals surface area contributed by atoms with Crippen LogP contribution in [0.3, 0.4) is 0 Å². The van der Waals surface area contributed by atoms with Crippen molar-refractivity contribution in [1.82, 2.24) is 9.78 Å². The molecule has 7 nitrogen and oxygen atoms in total. The van der Waals surface area contributed by atoms with Crippen LogP contribution in [0.15, 0.2) is 73.8 Å². The van der Waals surface area contributed by atoms with Crippen LogP contribution in [0.4, 0.5) is 22.7 Å². The van der Waals surface area contributed by atoms with E-state index in [0.29, 0.717) is 23.8 Å². The van der Waals surface area contributed by atoms with Gasteiger partial charge in [0.1, 0.15) is 0 Å². The standard InChI is InChI=1S/C23H26N6O/c1-3-4-15-29-23(30)22(21(28-29)17-7-8-17)27-26-20-13-11-19(12-14-20)25-24-18-9-5-16(2)6-10-18/h5-6,9-14,17,28H,3-4,7-8,15H2,1-2H3. The first kappa shape index (κ1) is 19.9. The van der Waals surface area contributed by atoms with Gasteiger partial charge in [-0.15, -0.1) is 5.11 Å². The predicted molar refractivity (Wildman–Crippen MR) is 118 cm³/mol. The lowest BCUT2D eigenvalue weighted by Gasteiger charge is -1.98. The van der Waals surface area contributed by atoms with E-state index in [9.17, 15) is 4.79 Å². The molecule has 154 valence electrons. The highest BCUT2D eigenvalue weighted by Crippen LogP contribution is 2.42. The van der Waals surface area contributed by atoms with E-state index in [1.165, 1.54) is 5.56 Å². The first-order valence-electron chi connectivity index (χ1n) is 10.5. The molecule has 1 saturated carbocycles. The number of unbranched alkanes of at least 4 members (excludes halogenated alkanes) is 1. The zero-order chi connectivity index (χ0) is 20.9. The van der Waals surface area contributed by atoms with Crippen molar-refractivity contribution in [2.45, 2.75) is 52.0 Å². The Balaban J connectivity index is 1.48. The number of hydrogen-bond donors (Lipinski definition) is 1. The molecule has 2 aromatic carbocycles. The van der Waals surface area contributed by atoms with Gasteiger partial charge in [-0.25, -0.2) is 0 Å². The highest BCUT2D eigenvalue weighted by molar-refractivity contribution is 5.49. The van der Waals surface area contributed by atoms with Crippen LogP contribution in [0, 0.1) is 6.92 Å². The number of aromatic amines is 1. The van der Waals surface area contributed by atoms with E-state index in [1.54, 1.807) is 4.68 Å². The summed E-state index contributed by atoms with van der Waals surface area (Å²) < 4.78 is 1.67. The molecule has 1 aliphatic carbocycles. The number of benzene rings is 2. The lowest BCUT2D eigenvalue weighted by atomic mass is 10.2. The molecule has 1 N–H and O–H groups in total. The van der Waals surface area contributed by atoms with Gasteiger partial charge in [0.05, 0.1) is 22.8 Å². The van der Waals surface area contributed by atoms with Crippen molar-refractivity contribution in [3.63, 3.8) is 0 Å². The molecule has 30 heavy (non-hydrogen) atoms. The van der Waals surface area contributed by atoms with Crippen LogP contribution < -0.4 is 5.56 Å². The largest absolute Gasteiger partial charge is 0.297 e. The van der Waals surface area contributed by atoms with Crippen molar-refractivity contribution in [3.8, 4) is 0 Å². The van der Waals surface area contributed by atoms with E-state index in [2.05, 4.69) is 32.5 Å². The number of nitrogens with one attached hydrogen (secondary N) is 1. The van der Waals surface area contributed by atoms with Crippen molar-refractivity contribution in [2.24, 2.45) is 20.5 Å². The van der Waals surface area contributed by atoms with Gasteiger partial charge in [-0.05, 0) is 62.6 Å². The molecule has 1 aromatic heterocycles. The number of H-pyrrole nitrogens is 1. The minimum atomic E-state index is -0.0855. The van der Waals surface area contributed by atoms with E-state index in [4.69, 9.17) is 0 Å². The third kappa shape index (κ3) is 4.79. The van der Waals surface area contributed by atoms with Crippen molar-refractivity contribution < 1.29 is 0 Å². The van der Waals surface area contributed by atoms with Crippen LogP contribution in [0.2, 0.25) is 0 Å². The Morgan fingerprint density at radius 2 is 1.43 bits per heavy atom. The minimum Gasteiger partial charge on any atom is -0.297 e. The number of rotatable bonds is 8. The van der Waals surface area contributed by atoms with Gasteiger partial charge in [0.15, 0.2) is 5.69 Å². The van der Waals surface area contributed by atoms with E-state index in [0.717, 1.165) is 42.8 Å². The van der Waals surface area contributed by atoms with Crippen LogP contribution >= 0.6 is 0 Å². The van der Waals surface area contributed by atoms with Gasteiger partial charge in [-0.3, -0.25) is 14.6 Å². The molecule has 3 aromatic rings. The number of hydrogen-bond acceptors (Lipinski definition) is 5. The summed E-state index contributed by atoms with van der Waals surface area (Å²) in [7, 11) is 0. The van der Waals surface area contributed by atoms with Crippen LogP contribution in [0.5, 0.6) is 0 Å². The monoisotopic (exact) mass is 402 g/mol. The quantitative estimate of drug-likeness (QED) is 0.404. The summed E-state index contributed by atoms with van der Waals surface area (Å²) >= 11 is 0. The summed E-state index contributed by atoms with van der Waals surface area (Å²) in [5.74, 6) is 0.402. The molecule has 0 aliphatic heterocycles. The smallest absolute Gasteiger partial charge is 0.294 e. The topological polar surface area (TPSA) is 87.2 Å². The molecule has 0 atom stereocenters. The van der Waals surface area contributed by atoms with Gasteiger partial charge in [-0.2, -0.15) is 15.3 Å². The lowest BCUT2D eigenvalue weighted by Crippen LogP contribution is -2.16. The molecule has 1 aliphatic rings. The van der Waals surface area contributed by atoms with Crippen LogP contribution in [0.1, 0.15) is 49.8 Å². The van der Waals surface area contributed by atoms with Gasteiger partial charge in [0.25, 0.3) is 5.56 Å². The van der Waals surface area contributed by atoms with Crippen molar-refractivity contribution in [3.05, 3.63) is 70.1 Å². The van der Waals surface area contributed by atoms with Gasteiger partial charge in [0, 0.05) is 12.5 Å². The Bertz CT molecular complexity index is 1100. The van der Waals surface area contributed by atoms with E-state index in [1.807, 2.05) is 55.5 Å². The Kier molecular flexibility index (Phi) is 5.97. The number of azo groups is 2. The fraction of sp³-hybridized carbons (Fsp3) is 0.348. The Hall–Kier alpha value is -3.35. The molecule has 0 saturated heterocycles. The van der Waals surface area contributed by atoms with Gasteiger partial charge >= 0.3 is 0 Å². The molecule has 0 unspecified atom stereocenters. The molecule has 0 bridgehead atoms. The molecule has 0 radical (unpaired) electrons. The number of aryl methyl sites for hydroxylation is 2. The molecule has 7 heteroatoms. The highest BCUT2D eigenvalue weighted by Gasteiger charge is 2.30. The molecule has 0 amide bonds. The Labute approximate surface area is 175 Å². The van der Waals surface area contributed by atoms with Crippen molar-refractivity contribution in [2.75, 3.05) is 0 Å². The van der Waals surface area contributed by atoms with Gasteiger partial charge < -0.3 is 0 Å². The van der Waals surface area contributed by atoms with E-state index in [-0.39, 0.29) is 5.56 Å². The zero-order valence-electron chi connectivity index (χ0n) is 17.4. The maximum absolute atomic E-state index is 12.7. The molecular formula is C23H26N6O. The minimum absolute atomic E-state index is 0.0855. The van der Waals surface area contributed by atoms with Crippen LogP contribution in [-0.2, 0) is 6.54 Å². The SMILES string of the molecule is CCCCn1[nH]c(C2CC2)c(N=Nc2ccc(N=Nc3ccc(C)cc3)cc2)c1=O. The summed E-state index contributed by atoms with van der Waals surface area (Å²) in [6.45, 7) is 4.83. The summed E-state index contributed by atoms with van der Waals surface area (Å²) in [4.78, 5) is 12.7. The maximum Gasteiger partial charge on any atom is 0.294 e. The molecule has 1 fully saturated rings. The Morgan fingerprint density at radius 3 is 1.97 bits per heavy atom. The normalized spacial score (nSPS) is 14.2. The maximum atomic E-state index is 12.7. The van der Waals surface area contributed by atoms with E-state index < -0.39 is 0 Å². The highest BCUT2D eigenvalue weighted by atomic mass is 16.1. The summed E-state index contributed by atoms with van der Waals surface area (Å²) in [5.41, 5.74) is 4.68. The van der Waals surface area contributed by atoms with Crippen LogP contribution in [-0.4, -0.2) is 9.78 Å². The molecule has 0 spiro atoms. The lowest BCUT2D eigenvalue weighted by molar-refractivity contribution is 0.551. The van der Waals surface area contributed by atoms with Crippen LogP contribution in [0.25, 0.3) is 0 Å². The zero-order valence-corrected chi connectivity index (χ0v) is 17.4. The van der Waals surface area contributed by atoms with Gasteiger partial charge in [-0.1, -0.05) is 31.0 Å². The third-order valence-electron chi connectivity index (χ3n) is 5.11. The average molecular weight is 403 g/mol. The second-order valence-electron chi connectivity index (χ2n) is 7.71. The summed E-state index contributed by atoms with van der Waals surface area (Å²) in [6.07, 6.45) is 4.18. The Morgan fingerprint density at radius 1 is 0.900 bits per heavy atom. The second kappa shape index (κ2) is 8.98. The summed E-state index contributed by atoms with van der Waals surface area (Å²) in [6, 6.07) is 15.2. The molecular weight excluding hydrogens is 376 g/mol. The summed E-state index contributed by atoms with van der Waals surface area (Å²) in [5, 5.41) is 20.3. The number of aromatic nitrogens is 2. The first-order chi connectivity index (χ1) is 14.6. The predicted octanol–water partition coefficient (Wildman–Crippen LogP) is 6.99. The number of nitrogens with zero attached hydrogens (tertiary/aromatic N) is 5.